The number of carbonyl (C=O) groups is 2. The molecule has 2 saturated heterocycles. The Bertz CT molecular complexity index is 1240. The third kappa shape index (κ3) is 4.75. The van der Waals surface area contributed by atoms with E-state index in [1.165, 1.54) is 4.90 Å². The van der Waals surface area contributed by atoms with Crippen LogP contribution in [0.2, 0.25) is 0 Å². The second kappa shape index (κ2) is 11.1. The summed E-state index contributed by atoms with van der Waals surface area (Å²) in [5.74, 6) is 0. The summed E-state index contributed by atoms with van der Waals surface area (Å²) in [7, 11) is 0. The normalized spacial score (nSPS) is 18.4. The minimum atomic E-state index is -1.03. The van der Waals surface area contributed by atoms with E-state index < -0.39 is 23.1 Å². The van der Waals surface area contributed by atoms with Crippen LogP contribution in [0.1, 0.15) is 36.0 Å². The van der Waals surface area contributed by atoms with Crippen LogP contribution >= 0.6 is 0 Å². The molecule has 1 N–H and O–H groups in total. The Kier molecular flexibility index (Phi) is 7.43. The summed E-state index contributed by atoms with van der Waals surface area (Å²) in [6.07, 6.45) is 1.66. The van der Waals surface area contributed by atoms with Gasteiger partial charge in [0.25, 0.3) is 0 Å². The summed E-state index contributed by atoms with van der Waals surface area (Å²) in [6, 6.07) is 31.2. The topological polar surface area (TPSA) is 85.7 Å². The fourth-order valence-electron chi connectivity index (χ4n) is 5.68. The Hall–Kier alpha value is -4.15. The number of urea groups is 1. The lowest BCUT2D eigenvalue weighted by molar-refractivity contribution is 0.155. The fraction of sp³-hybridized carbons (Fsp3) is 0.323. The second-order valence-corrected chi connectivity index (χ2v) is 9.97. The number of cyclic esters (lactones) is 1. The molecule has 0 unspecified atom stereocenters. The minimum absolute atomic E-state index is 0.0586. The van der Waals surface area contributed by atoms with Crippen molar-refractivity contribution in [2.24, 2.45) is 0 Å². The molecule has 5 rings (SSSR count). The van der Waals surface area contributed by atoms with Gasteiger partial charge in [0.2, 0.25) is 0 Å². The summed E-state index contributed by atoms with van der Waals surface area (Å²) in [6.45, 7) is 2.97. The van der Waals surface area contributed by atoms with Crippen LogP contribution in [0.4, 0.5) is 9.59 Å². The average molecular weight is 509 g/mol. The quantitative estimate of drug-likeness (QED) is 0.452. The first-order valence-electron chi connectivity index (χ1n) is 13.1. The number of likely N-dealkylation sites (tertiary alicyclic amines) is 1. The summed E-state index contributed by atoms with van der Waals surface area (Å²) in [5.41, 5.74) is 1.27. The zero-order valence-corrected chi connectivity index (χ0v) is 21.4. The first-order valence-corrected chi connectivity index (χ1v) is 13.1. The number of rotatable bonds is 7. The molecule has 2 aliphatic rings. The molecule has 0 aromatic heterocycles. The molecule has 3 amide bonds. The van der Waals surface area contributed by atoms with Crippen LogP contribution < -0.4 is 5.32 Å². The van der Waals surface area contributed by atoms with E-state index in [1.807, 2.05) is 91.0 Å². The van der Waals surface area contributed by atoms with Gasteiger partial charge in [0, 0.05) is 6.54 Å². The van der Waals surface area contributed by atoms with Gasteiger partial charge in [0.15, 0.2) is 0 Å². The summed E-state index contributed by atoms with van der Waals surface area (Å²) < 4.78 is 5.47. The summed E-state index contributed by atoms with van der Waals surface area (Å²) in [5, 5.41) is 12.9. The second-order valence-electron chi connectivity index (χ2n) is 9.97. The minimum Gasteiger partial charge on any atom is -0.446 e. The van der Waals surface area contributed by atoms with E-state index in [-0.39, 0.29) is 6.61 Å². The average Bonchev–Trinajstić information content (AvgIpc) is 3.35. The predicted octanol–water partition coefficient (Wildman–Crippen LogP) is 5.04. The maximum absolute atomic E-state index is 13.4. The Morgan fingerprint density at radius 1 is 0.868 bits per heavy atom. The van der Waals surface area contributed by atoms with Crippen molar-refractivity contribution < 1.29 is 14.3 Å². The van der Waals surface area contributed by atoms with Crippen molar-refractivity contribution in [3.05, 3.63) is 108 Å². The molecule has 38 heavy (non-hydrogen) atoms. The zero-order valence-electron chi connectivity index (χ0n) is 21.4. The number of imide groups is 1. The summed E-state index contributed by atoms with van der Waals surface area (Å²) in [4.78, 5) is 29.8. The van der Waals surface area contributed by atoms with Gasteiger partial charge in [-0.25, -0.2) is 14.5 Å². The van der Waals surface area contributed by atoms with Gasteiger partial charge in [-0.1, -0.05) is 91.0 Å². The van der Waals surface area contributed by atoms with Crippen LogP contribution in [0.3, 0.4) is 0 Å². The smallest absolute Gasteiger partial charge is 0.419 e. The molecule has 3 aromatic carbocycles. The van der Waals surface area contributed by atoms with E-state index in [4.69, 9.17) is 4.74 Å². The van der Waals surface area contributed by atoms with Crippen LogP contribution in [-0.4, -0.2) is 54.7 Å². The lowest BCUT2D eigenvalue weighted by Gasteiger charge is -2.37. The highest BCUT2D eigenvalue weighted by Gasteiger charge is 2.53. The number of amides is 3. The molecule has 0 spiro atoms. The zero-order chi connectivity index (χ0) is 26.4. The molecular formula is C31H32N4O3. The van der Waals surface area contributed by atoms with Gasteiger partial charge in [-0.3, -0.25) is 0 Å². The van der Waals surface area contributed by atoms with Crippen molar-refractivity contribution in [1.82, 2.24) is 15.1 Å². The van der Waals surface area contributed by atoms with Gasteiger partial charge in [0.1, 0.15) is 12.1 Å². The highest BCUT2D eigenvalue weighted by molar-refractivity contribution is 5.94. The predicted molar refractivity (Wildman–Crippen MR) is 144 cm³/mol. The van der Waals surface area contributed by atoms with Gasteiger partial charge >= 0.3 is 12.1 Å². The standard InChI is InChI=1S/C31H32N4O3/c32-23-30(25-11-4-1-5-12-25)17-21-34(22-18-30)20-10-19-33-28(36)35-29(37)38-24-31(35,26-13-6-2-7-14-26)27-15-8-3-9-16-27/h1-9,11-16H,10,17-22,24H2,(H,33,36). The first kappa shape index (κ1) is 25.5. The van der Waals surface area contributed by atoms with Crippen LogP contribution in [0.25, 0.3) is 0 Å². The lowest BCUT2D eigenvalue weighted by Crippen LogP contribution is -2.53. The Balaban J connectivity index is 1.21. The highest BCUT2D eigenvalue weighted by Crippen LogP contribution is 2.41. The maximum Gasteiger partial charge on any atom is 0.419 e. The molecule has 0 bridgehead atoms. The molecule has 3 aromatic rings. The Labute approximate surface area is 223 Å². The number of benzene rings is 3. The van der Waals surface area contributed by atoms with Gasteiger partial charge in [0.05, 0.1) is 11.5 Å². The summed E-state index contributed by atoms with van der Waals surface area (Å²) >= 11 is 0. The van der Waals surface area contributed by atoms with Crippen LogP contribution in [-0.2, 0) is 15.7 Å². The van der Waals surface area contributed by atoms with Crippen molar-refractivity contribution >= 4 is 12.1 Å². The Morgan fingerprint density at radius 2 is 1.39 bits per heavy atom. The van der Waals surface area contributed by atoms with Gasteiger partial charge in [-0.05, 0) is 55.6 Å². The lowest BCUT2D eigenvalue weighted by atomic mass is 9.74. The molecular weight excluding hydrogens is 476 g/mol. The third-order valence-electron chi connectivity index (χ3n) is 7.85. The molecule has 194 valence electrons. The SMILES string of the molecule is N#CC1(c2ccccc2)CCN(CCCNC(=O)N2C(=O)OCC2(c2ccccc2)c2ccccc2)CC1. The largest absolute Gasteiger partial charge is 0.446 e. The van der Waals surface area contributed by atoms with Crippen molar-refractivity contribution in [1.29, 1.82) is 5.26 Å². The number of nitrogens with zero attached hydrogens (tertiary/aromatic N) is 3. The number of hydrogen-bond acceptors (Lipinski definition) is 5. The van der Waals surface area contributed by atoms with Crippen molar-refractivity contribution in [3.8, 4) is 6.07 Å². The van der Waals surface area contributed by atoms with E-state index in [1.54, 1.807) is 0 Å². The molecule has 0 radical (unpaired) electrons. The number of carbonyl (C=O) groups excluding carboxylic acids is 2. The van der Waals surface area contributed by atoms with E-state index in [0.29, 0.717) is 6.54 Å². The monoisotopic (exact) mass is 508 g/mol. The molecule has 7 nitrogen and oxygen atoms in total. The van der Waals surface area contributed by atoms with Crippen molar-refractivity contribution in [2.75, 3.05) is 32.8 Å². The van der Waals surface area contributed by atoms with E-state index in [0.717, 1.165) is 55.6 Å². The third-order valence-corrected chi connectivity index (χ3v) is 7.85. The van der Waals surface area contributed by atoms with Gasteiger partial charge < -0.3 is 15.0 Å². The van der Waals surface area contributed by atoms with E-state index in [9.17, 15) is 14.9 Å². The number of ether oxygens (including phenoxy) is 1. The van der Waals surface area contributed by atoms with Crippen molar-refractivity contribution in [3.63, 3.8) is 0 Å². The fourth-order valence-corrected chi connectivity index (χ4v) is 5.68. The maximum atomic E-state index is 13.4. The Morgan fingerprint density at radius 3 is 1.92 bits per heavy atom. The molecule has 7 heteroatoms. The molecule has 2 aliphatic heterocycles. The number of nitrogens with one attached hydrogen (secondary N) is 1. The van der Waals surface area contributed by atoms with Gasteiger partial charge in [-0.2, -0.15) is 5.26 Å². The number of hydrogen-bond donors (Lipinski definition) is 1. The number of nitriles is 1. The molecule has 2 heterocycles. The van der Waals surface area contributed by atoms with Crippen LogP contribution in [0, 0.1) is 11.3 Å². The highest BCUT2D eigenvalue weighted by atomic mass is 16.6. The molecule has 0 saturated carbocycles. The van der Waals surface area contributed by atoms with Crippen LogP contribution in [0.5, 0.6) is 0 Å². The molecule has 0 aliphatic carbocycles. The van der Waals surface area contributed by atoms with Crippen LogP contribution in [0.15, 0.2) is 91.0 Å². The molecule has 2 fully saturated rings. The molecule has 0 atom stereocenters. The van der Waals surface area contributed by atoms with E-state index >= 15 is 0 Å². The number of piperidine rings is 1. The van der Waals surface area contributed by atoms with E-state index in [2.05, 4.69) is 16.3 Å². The van der Waals surface area contributed by atoms with Gasteiger partial charge in [-0.15, -0.1) is 0 Å². The van der Waals surface area contributed by atoms with Crippen molar-refractivity contribution in [2.45, 2.75) is 30.2 Å². The first-order chi connectivity index (χ1) is 18.6.